The molecule has 1 unspecified atom stereocenters. The van der Waals surface area contributed by atoms with E-state index < -0.39 is 6.10 Å². The van der Waals surface area contributed by atoms with Gasteiger partial charge in [0.1, 0.15) is 13.2 Å². The Morgan fingerprint density at radius 2 is 0.537 bits per heavy atom. The number of carbonyl (C=O) groups excluding carboxylic acids is 3. The first kappa shape index (κ1) is 62.0. The van der Waals surface area contributed by atoms with Crippen LogP contribution in [-0.4, -0.2) is 37.2 Å². The van der Waals surface area contributed by atoms with Gasteiger partial charge < -0.3 is 14.2 Å². The van der Waals surface area contributed by atoms with Crippen molar-refractivity contribution < 1.29 is 28.6 Å². The van der Waals surface area contributed by atoms with Gasteiger partial charge in [0.2, 0.25) is 0 Å². The van der Waals surface area contributed by atoms with Crippen molar-refractivity contribution in [1.29, 1.82) is 0 Å². The standard InChI is InChI=1S/C61H92O6/c1-4-7-10-13-16-19-22-25-27-28-29-30-31-32-34-36-39-42-45-48-51-54-60(63)66-57-58(56-65-59(62)53-50-47-44-41-38-35-24-21-18-15-12-9-6-3)67-61(64)55-52-49-46-43-40-37-33-26-23-20-17-14-11-8-5-2/h7-12,16-21,25-27,29-30,32-35,38-40,42-43,58H,4-6,13-15,22-24,28,31,36-37,41,44-57H2,1-3H3/b10-7-,11-8-,12-9-,19-16-,20-17-,21-18-,27-25-,30-29-,33-26-,34-32-,38-35-,42-39-,43-40-. The maximum atomic E-state index is 12.8. The number of hydrogen-bond donors (Lipinski definition) is 0. The molecule has 0 amide bonds. The summed E-state index contributed by atoms with van der Waals surface area (Å²) >= 11 is 0. The number of rotatable bonds is 44. The molecule has 0 aromatic rings. The van der Waals surface area contributed by atoms with Crippen molar-refractivity contribution in [2.24, 2.45) is 0 Å². The Hall–Kier alpha value is -4.97. The van der Waals surface area contributed by atoms with Crippen LogP contribution < -0.4 is 0 Å². The molecule has 67 heavy (non-hydrogen) atoms. The van der Waals surface area contributed by atoms with Crippen LogP contribution in [0, 0.1) is 0 Å². The van der Waals surface area contributed by atoms with Crippen LogP contribution in [0.3, 0.4) is 0 Å². The highest BCUT2D eigenvalue weighted by Gasteiger charge is 2.19. The molecule has 0 aliphatic rings. The second-order valence-corrected chi connectivity index (χ2v) is 16.3. The first-order chi connectivity index (χ1) is 33.0. The minimum absolute atomic E-state index is 0.132. The van der Waals surface area contributed by atoms with Crippen LogP contribution in [0.25, 0.3) is 0 Å². The van der Waals surface area contributed by atoms with Gasteiger partial charge in [0.25, 0.3) is 0 Å². The zero-order valence-electron chi connectivity index (χ0n) is 42.3. The smallest absolute Gasteiger partial charge is 0.306 e. The average molecular weight is 921 g/mol. The molecule has 0 radical (unpaired) electrons. The molecule has 0 fully saturated rings. The van der Waals surface area contributed by atoms with E-state index in [1.807, 2.05) is 0 Å². The molecular formula is C61H92O6. The molecule has 1 atom stereocenters. The number of ether oxygens (including phenoxy) is 3. The van der Waals surface area contributed by atoms with Gasteiger partial charge in [0, 0.05) is 19.3 Å². The molecule has 0 aliphatic heterocycles. The number of carbonyl (C=O) groups is 3. The zero-order chi connectivity index (χ0) is 48.6. The maximum absolute atomic E-state index is 12.8. The van der Waals surface area contributed by atoms with E-state index in [0.717, 1.165) is 135 Å². The third kappa shape index (κ3) is 51.9. The summed E-state index contributed by atoms with van der Waals surface area (Å²) in [4.78, 5) is 38.0. The van der Waals surface area contributed by atoms with Crippen LogP contribution in [0.15, 0.2) is 158 Å². The Bertz CT molecular complexity index is 1570. The molecule has 0 bridgehead atoms. The Morgan fingerprint density at radius 3 is 0.836 bits per heavy atom. The van der Waals surface area contributed by atoms with Crippen molar-refractivity contribution in [3.63, 3.8) is 0 Å². The molecular weight excluding hydrogens is 829 g/mol. The summed E-state index contributed by atoms with van der Waals surface area (Å²) < 4.78 is 16.7. The van der Waals surface area contributed by atoms with E-state index in [9.17, 15) is 14.4 Å². The van der Waals surface area contributed by atoms with E-state index in [4.69, 9.17) is 14.2 Å². The van der Waals surface area contributed by atoms with E-state index in [2.05, 4.69) is 179 Å². The second kappa shape index (κ2) is 53.6. The van der Waals surface area contributed by atoms with E-state index in [1.165, 1.54) is 0 Å². The fourth-order valence-corrected chi connectivity index (χ4v) is 6.21. The van der Waals surface area contributed by atoms with Crippen LogP contribution >= 0.6 is 0 Å². The summed E-state index contributed by atoms with van der Waals surface area (Å²) in [6, 6.07) is 0. The first-order valence-corrected chi connectivity index (χ1v) is 26.0. The van der Waals surface area contributed by atoms with Gasteiger partial charge in [-0.25, -0.2) is 0 Å². The topological polar surface area (TPSA) is 78.9 Å². The lowest BCUT2D eigenvalue weighted by Gasteiger charge is -2.18. The molecule has 0 aromatic heterocycles. The van der Waals surface area contributed by atoms with E-state index in [0.29, 0.717) is 19.3 Å². The highest BCUT2D eigenvalue weighted by Crippen LogP contribution is 2.10. The summed E-state index contributed by atoms with van der Waals surface area (Å²) in [7, 11) is 0. The summed E-state index contributed by atoms with van der Waals surface area (Å²) in [5.41, 5.74) is 0. The summed E-state index contributed by atoms with van der Waals surface area (Å²) in [5.74, 6) is -1.06. The largest absolute Gasteiger partial charge is 0.462 e. The van der Waals surface area contributed by atoms with Crippen molar-refractivity contribution in [2.45, 2.75) is 194 Å². The minimum Gasteiger partial charge on any atom is -0.462 e. The van der Waals surface area contributed by atoms with Gasteiger partial charge in [-0.3, -0.25) is 14.4 Å². The predicted octanol–water partition coefficient (Wildman–Crippen LogP) is 17.4. The Balaban J connectivity index is 4.59. The van der Waals surface area contributed by atoms with Crippen LogP contribution in [-0.2, 0) is 28.6 Å². The minimum atomic E-state index is -0.838. The van der Waals surface area contributed by atoms with Crippen molar-refractivity contribution >= 4 is 17.9 Å². The molecule has 0 saturated carbocycles. The van der Waals surface area contributed by atoms with Crippen molar-refractivity contribution in [3.05, 3.63) is 158 Å². The Morgan fingerprint density at radius 1 is 0.299 bits per heavy atom. The Labute approximate surface area is 409 Å². The lowest BCUT2D eigenvalue weighted by atomic mass is 10.1. The van der Waals surface area contributed by atoms with Gasteiger partial charge in [-0.15, -0.1) is 0 Å². The van der Waals surface area contributed by atoms with Gasteiger partial charge >= 0.3 is 17.9 Å². The third-order valence-electron chi connectivity index (χ3n) is 10.0. The molecule has 0 aliphatic carbocycles. The van der Waals surface area contributed by atoms with Gasteiger partial charge in [-0.05, 0) is 141 Å². The Kier molecular flexibility index (Phi) is 49.7. The van der Waals surface area contributed by atoms with E-state index in [1.54, 1.807) is 0 Å². The average Bonchev–Trinajstić information content (AvgIpc) is 3.33. The zero-order valence-corrected chi connectivity index (χ0v) is 42.3. The van der Waals surface area contributed by atoms with Gasteiger partial charge in [0.05, 0.1) is 0 Å². The van der Waals surface area contributed by atoms with Crippen LogP contribution in [0.1, 0.15) is 188 Å². The second-order valence-electron chi connectivity index (χ2n) is 16.3. The van der Waals surface area contributed by atoms with E-state index in [-0.39, 0.29) is 44.0 Å². The van der Waals surface area contributed by atoms with Gasteiger partial charge in [0.15, 0.2) is 6.10 Å². The van der Waals surface area contributed by atoms with Gasteiger partial charge in [-0.2, -0.15) is 0 Å². The maximum Gasteiger partial charge on any atom is 0.306 e. The molecule has 0 aromatic carbocycles. The molecule has 0 heterocycles. The lowest BCUT2D eigenvalue weighted by molar-refractivity contribution is -0.167. The van der Waals surface area contributed by atoms with Crippen molar-refractivity contribution in [1.82, 2.24) is 0 Å². The first-order valence-electron chi connectivity index (χ1n) is 26.0. The lowest BCUT2D eigenvalue weighted by Crippen LogP contribution is -2.30. The quantitative estimate of drug-likeness (QED) is 0.0262. The number of hydrogen-bond acceptors (Lipinski definition) is 6. The van der Waals surface area contributed by atoms with Crippen molar-refractivity contribution in [2.75, 3.05) is 13.2 Å². The highest BCUT2D eigenvalue weighted by atomic mass is 16.6. The summed E-state index contributed by atoms with van der Waals surface area (Å²) in [5, 5.41) is 0. The number of unbranched alkanes of at least 4 members (excludes halogenated alkanes) is 7. The van der Waals surface area contributed by atoms with Crippen molar-refractivity contribution in [3.8, 4) is 0 Å². The number of allylic oxidation sites excluding steroid dienone is 26. The molecule has 0 spiro atoms. The molecule has 0 saturated heterocycles. The fraction of sp³-hybridized carbons (Fsp3) is 0.525. The predicted molar refractivity (Wildman–Crippen MR) is 288 cm³/mol. The monoisotopic (exact) mass is 921 g/mol. The van der Waals surface area contributed by atoms with Gasteiger partial charge in [-0.1, -0.05) is 185 Å². The highest BCUT2D eigenvalue weighted by molar-refractivity contribution is 5.71. The van der Waals surface area contributed by atoms with Crippen LogP contribution in [0.2, 0.25) is 0 Å². The third-order valence-corrected chi connectivity index (χ3v) is 10.0. The van der Waals surface area contributed by atoms with E-state index >= 15 is 0 Å². The molecule has 372 valence electrons. The summed E-state index contributed by atoms with van der Waals surface area (Å²) in [6.45, 7) is 6.16. The molecule has 6 heteroatoms. The molecule has 6 nitrogen and oxygen atoms in total. The SMILES string of the molecule is CC/C=C\C/C=C\C/C=C\C/C=C\C/C=C\C/C=C\CCCCC(=O)OCC(COC(=O)CCCCC/C=C\C/C=C\C/C=C\CC)OC(=O)CCCC/C=C\C/C=C\C/C=C\C/C=C\CC. The van der Waals surface area contributed by atoms with Crippen LogP contribution in [0.4, 0.5) is 0 Å². The number of esters is 3. The molecule has 0 N–H and O–H groups in total. The fourth-order valence-electron chi connectivity index (χ4n) is 6.21. The van der Waals surface area contributed by atoms with Crippen LogP contribution in [0.5, 0.6) is 0 Å². The normalized spacial score (nSPS) is 13.4. The molecule has 0 rings (SSSR count). The summed E-state index contributed by atoms with van der Waals surface area (Å²) in [6.07, 6.45) is 78.1.